The molecule has 1 unspecified atom stereocenters. The Hall–Kier alpha value is -2.38. The summed E-state index contributed by atoms with van der Waals surface area (Å²) in [6.07, 6.45) is -2.03. The molecule has 5 nitrogen and oxygen atoms in total. The van der Waals surface area contributed by atoms with Crippen LogP contribution >= 0.6 is 0 Å². The molecule has 0 N–H and O–H groups in total. The number of amides is 1. The van der Waals surface area contributed by atoms with Crippen LogP contribution in [0.4, 0.5) is 13.2 Å². The van der Waals surface area contributed by atoms with Gasteiger partial charge in [0.1, 0.15) is 6.04 Å². The molecular weight excluding hydrogens is 335 g/mol. The third kappa shape index (κ3) is 3.83. The first-order valence-electron chi connectivity index (χ1n) is 8.16. The Morgan fingerprint density at radius 2 is 2.16 bits per heavy atom. The topological polar surface area (TPSA) is 59.2 Å². The summed E-state index contributed by atoms with van der Waals surface area (Å²) in [7, 11) is 0. The average Bonchev–Trinajstić information content (AvgIpc) is 3.15. The van der Waals surface area contributed by atoms with Crippen molar-refractivity contribution in [3.05, 3.63) is 47.1 Å². The van der Waals surface area contributed by atoms with E-state index in [4.69, 9.17) is 4.52 Å². The highest BCUT2D eigenvalue weighted by Gasteiger charge is 2.36. The zero-order chi connectivity index (χ0) is 18.0. The van der Waals surface area contributed by atoms with Gasteiger partial charge in [-0.3, -0.25) is 4.79 Å². The highest BCUT2D eigenvalue weighted by Crippen LogP contribution is 2.34. The van der Waals surface area contributed by atoms with Crippen LogP contribution in [-0.2, 0) is 23.9 Å². The van der Waals surface area contributed by atoms with Gasteiger partial charge in [-0.15, -0.1) is 0 Å². The number of likely N-dealkylation sites (tertiary alicyclic amines) is 1. The molecule has 0 bridgehead atoms. The molecule has 0 spiro atoms. The van der Waals surface area contributed by atoms with Crippen molar-refractivity contribution in [1.82, 2.24) is 15.0 Å². The molecule has 25 heavy (non-hydrogen) atoms. The maximum atomic E-state index is 12.9. The molecule has 0 radical (unpaired) electrons. The standard InChI is InChI=1S/C17H18F3N3O2/c1-2-4-14-21-16(25-22-14)13-7-8-15(24)23(13)10-11-5-3-6-12(9-11)17(18,19)20/h3,5-6,9,13H,2,4,7-8,10H2,1H3. The zero-order valence-electron chi connectivity index (χ0n) is 13.7. The molecule has 1 amide bonds. The van der Waals surface area contributed by atoms with Gasteiger partial charge in [0.25, 0.3) is 0 Å². The quantitative estimate of drug-likeness (QED) is 0.818. The second-order valence-corrected chi connectivity index (χ2v) is 6.07. The van der Waals surface area contributed by atoms with Crippen LogP contribution < -0.4 is 0 Å². The van der Waals surface area contributed by atoms with Crippen LogP contribution in [-0.4, -0.2) is 20.9 Å². The maximum absolute atomic E-state index is 12.9. The molecule has 2 aromatic rings. The molecule has 2 heterocycles. The molecule has 0 saturated carbocycles. The van der Waals surface area contributed by atoms with Crippen molar-refractivity contribution < 1.29 is 22.5 Å². The second kappa shape index (κ2) is 6.85. The normalized spacial score (nSPS) is 18.2. The number of aryl methyl sites for hydroxylation is 1. The molecule has 1 atom stereocenters. The van der Waals surface area contributed by atoms with E-state index in [-0.39, 0.29) is 18.5 Å². The van der Waals surface area contributed by atoms with E-state index in [0.717, 1.165) is 18.6 Å². The van der Waals surface area contributed by atoms with E-state index in [0.29, 0.717) is 36.5 Å². The molecule has 8 heteroatoms. The number of rotatable bonds is 5. The van der Waals surface area contributed by atoms with Crippen LogP contribution in [0.15, 0.2) is 28.8 Å². The number of alkyl halides is 3. The highest BCUT2D eigenvalue weighted by atomic mass is 19.4. The lowest BCUT2D eigenvalue weighted by Crippen LogP contribution is -2.27. The van der Waals surface area contributed by atoms with E-state index in [9.17, 15) is 18.0 Å². The molecule has 1 aromatic heterocycles. The van der Waals surface area contributed by atoms with Crippen molar-refractivity contribution >= 4 is 5.91 Å². The number of hydrogen-bond donors (Lipinski definition) is 0. The maximum Gasteiger partial charge on any atom is 0.416 e. The Kier molecular flexibility index (Phi) is 4.78. The van der Waals surface area contributed by atoms with Gasteiger partial charge < -0.3 is 9.42 Å². The van der Waals surface area contributed by atoms with E-state index in [1.165, 1.54) is 11.0 Å². The van der Waals surface area contributed by atoms with Gasteiger partial charge in [-0.1, -0.05) is 24.2 Å². The number of carbonyl (C=O) groups is 1. The van der Waals surface area contributed by atoms with Crippen LogP contribution in [0, 0.1) is 0 Å². The number of benzene rings is 1. The van der Waals surface area contributed by atoms with E-state index in [2.05, 4.69) is 10.1 Å². The number of nitrogens with zero attached hydrogens (tertiary/aromatic N) is 3. The van der Waals surface area contributed by atoms with Gasteiger partial charge in [0, 0.05) is 19.4 Å². The SMILES string of the molecule is CCCc1noc(C2CCC(=O)N2Cc2cccc(C(F)(F)F)c2)n1. The van der Waals surface area contributed by atoms with Crippen molar-refractivity contribution in [2.75, 3.05) is 0 Å². The van der Waals surface area contributed by atoms with Crippen molar-refractivity contribution in [1.29, 1.82) is 0 Å². The van der Waals surface area contributed by atoms with Crippen molar-refractivity contribution in [2.45, 2.75) is 51.4 Å². The van der Waals surface area contributed by atoms with Crippen LogP contribution in [0.2, 0.25) is 0 Å². The predicted molar refractivity (Wildman–Crippen MR) is 82.3 cm³/mol. The summed E-state index contributed by atoms with van der Waals surface area (Å²) >= 11 is 0. The Balaban J connectivity index is 1.80. The smallest absolute Gasteiger partial charge is 0.337 e. The molecule has 1 aromatic carbocycles. The van der Waals surface area contributed by atoms with Crippen molar-refractivity contribution in [3.63, 3.8) is 0 Å². The van der Waals surface area contributed by atoms with E-state index in [1.54, 1.807) is 6.07 Å². The Morgan fingerprint density at radius 1 is 1.36 bits per heavy atom. The lowest BCUT2D eigenvalue weighted by molar-refractivity contribution is -0.137. The van der Waals surface area contributed by atoms with Gasteiger partial charge >= 0.3 is 6.18 Å². The van der Waals surface area contributed by atoms with Crippen LogP contribution in [0.3, 0.4) is 0 Å². The Labute approximate surface area is 142 Å². The first kappa shape index (κ1) is 17.4. The first-order chi connectivity index (χ1) is 11.9. The molecule has 134 valence electrons. The first-order valence-corrected chi connectivity index (χ1v) is 8.16. The largest absolute Gasteiger partial charge is 0.416 e. The summed E-state index contributed by atoms with van der Waals surface area (Å²) in [6.45, 7) is 2.08. The molecule has 1 saturated heterocycles. The van der Waals surface area contributed by atoms with Gasteiger partial charge in [-0.2, -0.15) is 18.2 Å². The summed E-state index contributed by atoms with van der Waals surface area (Å²) in [5, 5.41) is 3.89. The number of aromatic nitrogens is 2. The van der Waals surface area contributed by atoms with Gasteiger partial charge in [0.2, 0.25) is 11.8 Å². The Bertz CT molecular complexity index is 758. The third-order valence-corrected chi connectivity index (χ3v) is 4.18. The number of halogens is 3. The van der Waals surface area contributed by atoms with E-state index < -0.39 is 11.7 Å². The molecule has 0 aliphatic carbocycles. The molecule has 3 rings (SSSR count). The van der Waals surface area contributed by atoms with Crippen molar-refractivity contribution in [2.24, 2.45) is 0 Å². The third-order valence-electron chi connectivity index (χ3n) is 4.18. The molecule has 1 aliphatic heterocycles. The minimum atomic E-state index is -4.41. The predicted octanol–water partition coefficient (Wildman–Crippen LogP) is 3.90. The highest BCUT2D eigenvalue weighted by molar-refractivity contribution is 5.78. The zero-order valence-corrected chi connectivity index (χ0v) is 13.7. The monoisotopic (exact) mass is 353 g/mol. The van der Waals surface area contributed by atoms with Crippen molar-refractivity contribution in [3.8, 4) is 0 Å². The fourth-order valence-electron chi connectivity index (χ4n) is 2.96. The summed E-state index contributed by atoms with van der Waals surface area (Å²) < 4.78 is 43.8. The summed E-state index contributed by atoms with van der Waals surface area (Å²) in [6, 6.07) is 4.62. The van der Waals surface area contributed by atoms with Crippen LogP contribution in [0.1, 0.15) is 55.1 Å². The summed E-state index contributed by atoms with van der Waals surface area (Å²) in [5.41, 5.74) is -0.306. The lowest BCUT2D eigenvalue weighted by atomic mass is 10.1. The summed E-state index contributed by atoms with van der Waals surface area (Å²) in [5.74, 6) is 0.801. The van der Waals surface area contributed by atoms with E-state index in [1.807, 2.05) is 6.92 Å². The van der Waals surface area contributed by atoms with E-state index >= 15 is 0 Å². The number of hydrogen-bond acceptors (Lipinski definition) is 4. The summed E-state index contributed by atoms with van der Waals surface area (Å²) in [4.78, 5) is 18.0. The number of carbonyl (C=O) groups excluding carboxylic acids is 1. The Morgan fingerprint density at radius 3 is 2.88 bits per heavy atom. The second-order valence-electron chi connectivity index (χ2n) is 6.07. The van der Waals surface area contributed by atoms with Gasteiger partial charge in [-0.05, 0) is 30.5 Å². The lowest BCUT2D eigenvalue weighted by Gasteiger charge is -2.22. The van der Waals surface area contributed by atoms with Gasteiger partial charge in [0.15, 0.2) is 5.82 Å². The molecule has 1 fully saturated rings. The fourth-order valence-corrected chi connectivity index (χ4v) is 2.96. The average molecular weight is 353 g/mol. The fraction of sp³-hybridized carbons (Fsp3) is 0.471. The minimum absolute atomic E-state index is 0.0823. The van der Waals surface area contributed by atoms with Crippen LogP contribution in [0.25, 0.3) is 0 Å². The van der Waals surface area contributed by atoms with Gasteiger partial charge in [0.05, 0.1) is 5.56 Å². The minimum Gasteiger partial charge on any atom is -0.337 e. The molecular formula is C17H18F3N3O2. The van der Waals surface area contributed by atoms with Crippen LogP contribution in [0.5, 0.6) is 0 Å². The van der Waals surface area contributed by atoms with Gasteiger partial charge in [-0.25, -0.2) is 0 Å². The molecule has 1 aliphatic rings.